The van der Waals surface area contributed by atoms with Crippen molar-refractivity contribution in [3.8, 4) is 0 Å². The number of rotatable bonds is 5. The number of hydrogen-bond acceptors (Lipinski definition) is 6. The molecule has 1 fully saturated rings. The summed E-state index contributed by atoms with van der Waals surface area (Å²) < 4.78 is 7.44. The summed E-state index contributed by atoms with van der Waals surface area (Å²) >= 11 is 0. The van der Waals surface area contributed by atoms with Crippen molar-refractivity contribution in [1.29, 1.82) is 0 Å². The molecule has 2 heterocycles. The van der Waals surface area contributed by atoms with Crippen molar-refractivity contribution < 1.29 is 4.74 Å². The Labute approximate surface area is 111 Å². The molecule has 1 saturated carbocycles. The molecule has 0 unspecified atom stereocenters. The Hall–Kier alpha value is -1.86. The number of aromatic nitrogens is 3. The minimum absolute atomic E-state index is 0.370. The van der Waals surface area contributed by atoms with Gasteiger partial charge in [0.2, 0.25) is 0 Å². The Bertz CT molecular complexity index is 562. The smallest absolute Gasteiger partial charge is 0.180 e. The molecule has 19 heavy (non-hydrogen) atoms. The molecular weight excluding hydrogens is 244 g/mol. The van der Waals surface area contributed by atoms with E-state index >= 15 is 0 Å². The Balaban J connectivity index is 1.75. The molecule has 2 aromatic heterocycles. The van der Waals surface area contributed by atoms with Crippen molar-refractivity contribution in [1.82, 2.24) is 14.4 Å². The van der Waals surface area contributed by atoms with Crippen LogP contribution >= 0.6 is 0 Å². The third-order valence-corrected chi connectivity index (χ3v) is 3.36. The average molecular weight is 262 g/mol. The van der Waals surface area contributed by atoms with Gasteiger partial charge in [0.15, 0.2) is 17.3 Å². The standard InChI is InChI=1S/C12H18N6O/c1-2-19-9-5-8(6-9)15-11-12-14-3-4-18(12)7-10(16-11)17-13/h3-4,7-9,17H,2,5-6,13H2,1H3,(H,15,16). The van der Waals surface area contributed by atoms with Crippen molar-refractivity contribution in [3.63, 3.8) is 0 Å². The fourth-order valence-corrected chi connectivity index (χ4v) is 2.35. The molecule has 2 aromatic rings. The van der Waals surface area contributed by atoms with Crippen molar-refractivity contribution in [3.05, 3.63) is 18.6 Å². The van der Waals surface area contributed by atoms with Crippen molar-refractivity contribution in [2.75, 3.05) is 17.3 Å². The summed E-state index contributed by atoms with van der Waals surface area (Å²) in [6, 6.07) is 0.387. The van der Waals surface area contributed by atoms with Gasteiger partial charge in [0.25, 0.3) is 0 Å². The van der Waals surface area contributed by atoms with Gasteiger partial charge in [-0.1, -0.05) is 0 Å². The van der Waals surface area contributed by atoms with Gasteiger partial charge in [0.05, 0.1) is 12.3 Å². The molecule has 0 aromatic carbocycles. The maximum atomic E-state index is 5.55. The molecule has 1 aliphatic carbocycles. The van der Waals surface area contributed by atoms with Crippen LogP contribution in [0.4, 0.5) is 11.6 Å². The molecule has 0 amide bonds. The highest BCUT2D eigenvalue weighted by molar-refractivity contribution is 5.65. The van der Waals surface area contributed by atoms with E-state index < -0.39 is 0 Å². The number of ether oxygens (including phenoxy) is 1. The number of anilines is 2. The van der Waals surface area contributed by atoms with Gasteiger partial charge in [-0.3, -0.25) is 0 Å². The van der Waals surface area contributed by atoms with Crippen LogP contribution < -0.4 is 16.6 Å². The minimum atomic E-state index is 0.370. The van der Waals surface area contributed by atoms with Crippen molar-refractivity contribution in [2.45, 2.75) is 31.9 Å². The summed E-state index contributed by atoms with van der Waals surface area (Å²) in [4.78, 5) is 8.71. The van der Waals surface area contributed by atoms with Gasteiger partial charge in [-0.25, -0.2) is 15.8 Å². The molecule has 102 valence electrons. The number of fused-ring (bicyclic) bond motifs is 1. The second-order valence-electron chi connectivity index (χ2n) is 4.67. The number of nitrogens with one attached hydrogen (secondary N) is 2. The van der Waals surface area contributed by atoms with Gasteiger partial charge in [-0.05, 0) is 19.8 Å². The number of nitrogens with two attached hydrogens (primary N) is 1. The van der Waals surface area contributed by atoms with Gasteiger partial charge in [-0.2, -0.15) is 0 Å². The van der Waals surface area contributed by atoms with Crippen LogP contribution in [0.1, 0.15) is 19.8 Å². The molecule has 3 rings (SSSR count). The quantitative estimate of drug-likeness (QED) is 0.550. The maximum absolute atomic E-state index is 5.55. The molecule has 0 saturated heterocycles. The van der Waals surface area contributed by atoms with E-state index in [0.29, 0.717) is 18.0 Å². The van der Waals surface area contributed by atoms with E-state index in [1.165, 1.54) is 0 Å². The highest BCUT2D eigenvalue weighted by atomic mass is 16.5. The van der Waals surface area contributed by atoms with E-state index in [4.69, 9.17) is 10.6 Å². The topological polar surface area (TPSA) is 89.5 Å². The first-order valence-electron chi connectivity index (χ1n) is 6.48. The highest BCUT2D eigenvalue weighted by Crippen LogP contribution is 2.27. The van der Waals surface area contributed by atoms with Gasteiger partial charge in [-0.15, -0.1) is 0 Å². The normalized spacial score (nSPS) is 22.2. The highest BCUT2D eigenvalue weighted by Gasteiger charge is 2.30. The Kier molecular flexibility index (Phi) is 3.22. The summed E-state index contributed by atoms with van der Waals surface area (Å²) in [5.41, 5.74) is 3.37. The van der Waals surface area contributed by atoms with E-state index in [-0.39, 0.29) is 0 Å². The SMILES string of the molecule is CCOC1CC(Nc2nc(NN)cn3ccnc23)C1. The van der Waals surface area contributed by atoms with Crippen LogP contribution in [0, 0.1) is 0 Å². The third kappa shape index (κ3) is 2.34. The molecule has 0 bridgehead atoms. The fraction of sp³-hybridized carbons (Fsp3) is 0.500. The number of nitrogens with zero attached hydrogens (tertiary/aromatic N) is 3. The van der Waals surface area contributed by atoms with E-state index in [1.54, 1.807) is 12.4 Å². The second kappa shape index (κ2) is 5.02. The summed E-state index contributed by atoms with van der Waals surface area (Å²) in [6.07, 6.45) is 7.79. The first kappa shape index (κ1) is 12.2. The number of hydrazine groups is 1. The zero-order valence-corrected chi connectivity index (χ0v) is 10.8. The summed E-state index contributed by atoms with van der Waals surface area (Å²) in [6.45, 7) is 2.79. The maximum Gasteiger partial charge on any atom is 0.180 e. The molecule has 0 aliphatic heterocycles. The van der Waals surface area contributed by atoms with Crippen LogP contribution in [0.2, 0.25) is 0 Å². The van der Waals surface area contributed by atoms with Gasteiger partial charge in [0.1, 0.15) is 0 Å². The van der Waals surface area contributed by atoms with Crippen LogP contribution in [0.5, 0.6) is 0 Å². The monoisotopic (exact) mass is 262 g/mol. The average Bonchev–Trinajstić information content (AvgIpc) is 2.84. The lowest BCUT2D eigenvalue weighted by molar-refractivity contribution is 0.00294. The van der Waals surface area contributed by atoms with Gasteiger partial charge < -0.3 is 19.9 Å². The molecule has 7 heteroatoms. The van der Waals surface area contributed by atoms with Gasteiger partial charge >= 0.3 is 0 Å². The molecule has 7 nitrogen and oxygen atoms in total. The Morgan fingerprint density at radius 3 is 3.11 bits per heavy atom. The largest absolute Gasteiger partial charge is 0.378 e. The lowest BCUT2D eigenvalue weighted by Crippen LogP contribution is -2.41. The molecule has 0 atom stereocenters. The predicted octanol–water partition coefficient (Wildman–Crippen LogP) is 0.994. The third-order valence-electron chi connectivity index (χ3n) is 3.36. The number of nitrogen functional groups attached to an aromatic ring is 1. The van der Waals surface area contributed by atoms with Crippen LogP contribution in [-0.4, -0.2) is 33.1 Å². The lowest BCUT2D eigenvalue weighted by atomic mass is 9.89. The van der Waals surface area contributed by atoms with Crippen molar-refractivity contribution >= 4 is 17.3 Å². The number of hydrogen-bond donors (Lipinski definition) is 3. The summed E-state index contributed by atoms with van der Waals surface area (Å²) in [5.74, 6) is 6.78. The first-order valence-corrected chi connectivity index (χ1v) is 6.48. The van der Waals surface area contributed by atoms with E-state index in [2.05, 4.69) is 20.7 Å². The molecular formula is C12H18N6O. The van der Waals surface area contributed by atoms with Crippen LogP contribution in [0.3, 0.4) is 0 Å². The van der Waals surface area contributed by atoms with E-state index in [1.807, 2.05) is 17.5 Å². The Morgan fingerprint density at radius 2 is 2.37 bits per heavy atom. The zero-order chi connectivity index (χ0) is 13.2. The zero-order valence-electron chi connectivity index (χ0n) is 10.8. The van der Waals surface area contributed by atoms with Crippen LogP contribution in [0.25, 0.3) is 5.65 Å². The molecule has 4 N–H and O–H groups in total. The summed E-state index contributed by atoms with van der Waals surface area (Å²) in [7, 11) is 0. The summed E-state index contributed by atoms with van der Waals surface area (Å²) in [5, 5.41) is 3.40. The van der Waals surface area contributed by atoms with Crippen LogP contribution in [-0.2, 0) is 4.74 Å². The van der Waals surface area contributed by atoms with E-state index in [9.17, 15) is 0 Å². The molecule has 0 radical (unpaired) electrons. The van der Waals surface area contributed by atoms with Crippen molar-refractivity contribution in [2.24, 2.45) is 5.84 Å². The van der Waals surface area contributed by atoms with Gasteiger partial charge in [0, 0.05) is 25.0 Å². The fourth-order valence-electron chi connectivity index (χ4n) is 2.35. The van der Waals surface area contributed by atoms with Crippen LogP contribution in [0.15, 0.2) is 18.6 Å². The van der Waals surface area contributed by atoms with E-state index in [0.717, 1.165) is 30.9 Å². The second-order valence-corrected chi connectivity index (χ2v) is 4.67. The Morgan fingerprint density at radius 1 is 1.53 bits per heavy atom. The number of imidazole rings is 1. The first-order chi connectivity index (χ1) is 9.30. The lowest BCUT2D eigenvalue weighted by Gasteiger charge is -2.35. The molecule has 0 spiro atoms. The predicted molar refractivity (Wildman–Crippen MR) is 72.9 cm³/mol. The molecule has 1 aliphatic rings. The minimum Gasteiger partial charge on any atom is -0.378 e.